The molecule has 2 aliphatic heterocycles. The number of nitrogens with one attached hydrogen (secondary N) is 2. The minimum atomic E-state index is -0.0233. The van der Waals surface area contributed by atoms with E-state index in [9.17, 15) is 5.11 Å². The second-order valence-corrected chi connectivity index (χ2v) is 10.1. The number of nitrogens with zero attached hydrogens (tertiary/aromatic N) is 6. The molecule has 2 aliphatic rings. The summed E-state index contributed by atoms with van der Waals surface area (Å²) >= 11 is 1.80. The van der Waals surface area contributed by atoms with Gasteiger partial charge in [-0.25, -0.2) is 9.97 Å². The van der Waals surface area contributed by atoms with E-state index in [1.54, 1.807) is 24.2 Å². The number of aromatic nitrogens is 6. The zero-order chi connectivity index (χ0) is 22.8. The Labute approximate surface area is 197 Å². The second-order valence-electron chi connectivity index (χ2n) is 8.97. The van der Waals surface area contributed by atoms with Crippen molar-refractivity contribution in [2.75, 3.05) is 35.7 Å². The molecule has 174 valence electrons. The molecule has 1 unspecified atom stereocenters. The zero-order valence-corrected chi connectivity index (χ0v) is 19.8. The summed E-state index contributed by atoms with van der Waals surface area (Å²) in [6.07, 6.45) is 6.41. The number of thioether (sulfide) groups is 1. The highest BCUT2D eigenvalue weighted by Crippen LogP contribution is 2.38. The lowest BCUT2D eigenvalue weighted by Crippen LogP contribution is -2.35. The smallest absolute Gasteiger partial charge is 0.227 e. The summed E-state index contributed by atoms with van der Waals surface area (Å²) in [6, 6.07) is 3.82. The van der Waals surface area contributed by atoms with Gasteiger partial charge in [-0.05, 0) is 30.9 Å². The molecule has 0 bridgehead atoms. The molecule has 3 aromatic heterocycles. The number of fused-ring (bicyclic) bond motifs is 1. The van der Waals surface area contributed by atoms with Crippen LogP contribution in [0.4, 0.5) is 11.8 Å². The van der Waals surface area contributed by atoms with Crippen molar-refractivity contribution in [1.82, 2.24) is 30.1 Å². The van der Waals surface area contributed by atoms with Gasteiger partial charge >= 0.3 is 0 Å². The van der Waals surface area contributed by atoms with Crippen molar-refractivity contribution in [3.05, 3.63) is 36.0 Å². The Kier molecular flexibility index (Phi) is 6.45. The average molecular weight is 467 g/mol. The van der Waals surface area contributed by atoms with Gasteiger partial charge in [-0.1, -0.05) is 13.8 Å². The van der Waals surface area contributed by atoms with Crippen molar-refractivity contribution in [2.24, 2.45) is 5.92 Å². The number of H-pyrrole nitrogens is 1. The molecular weight excluding hydrogens is 436 g/mol. The molecule has 0 spiro atoms. The van der Waals surface area contributed by atoms with E-state index < -0.39 is 0 Å². The van der Waals surface area contributed by atoms with Crippen LogP contribution in [0.2, 0.25) is 0 Å². The first-order chi connectivity index (χ1) is 16.1. The number of aromatic amines is 1. The fourth-order valence-electron chi connectivity index (χ4n) is 4.33. The quantitative estimate of drug-likeness (QED) is 0.483. The number of hydrogen-bond donors (Lipinski definition) is 3. The Morgan fingerprint density at radius 3 is 2.70 bits per heavy atom. The Balaban J connectivity index is 1.29. The predicted molar refractivity (Wildman–Crippen MR) is 130 cm³/mol. The first kappa shape index (κ1) is 22.1. The highest BCUT2D eigenvalue weighted by molar-refractivity contribution is 7.99. The minimum absolute atomic E-state index is 0.0233. The summed E-state index contributed by atoms with van der Waals surface area (Å²) in [5.41, 5.74) is 2.09. The molecule has 0 saturated carbocycles. The van der Waals surface area contributed by atoms with Crippen LogP contribution < -0.4 is 10.2 Å². The molecule has 3 N–H and O–H groups in total. The molecule has 0 aliphatic carbocycles. The summed E-state index contributed by atoms with van der Waals surface area (Å²) < 4.78 is 0. The van der Waals surface area contributed by atoms with Crippen LogP contribution in [0.3, 0.4) is 0 Å². The van der Waals surface area contributed by atoms with E-state index in [1.165, 1.54) is 0 Å². The molecule has 1 fully saturated rings. The lowest BCUT2D eigenvalue weighted by Gasteiger charge is -2.32. The number of hydrogen-bond acceptors (Lipinski definition) is 9. The minimum Gasteiger partial charge on any atom is -0.394 e. The van der Waals surface area contributed by atoms with E-state index in [-0.39, 0.29) is 12.6 Å². The van der Waals surface area contributed by atoms with Crippen molar-refractivity contribution in [3.63, 3.8) is 0 Å². The zero-order valence-electron chi connectivity index (χ0n) is 19.0. The maximum Gasteiger partial charge on any atom is 0.227 e. The van der Waals surface area contributed by atoms with Gasteiger partial charge in [0, 0.05) is 49.1 Å². The number of piperidine rings is 1. The molecule has 5 heterocycles. The fourth-order valence-corrected chi connectivity index (χ4v) is 5.39. The van der Waals surface area contributed by atoms with Crippen molar-refractivity contribution in [2.45, 2.75) is 50.0 Å². The lowest BCUT2D eigenvalue weighted by atomic mass is 9.96. The van der Waals surface area contributed by atoms with Crippen molar-refractivity contribution >= 4 is 23.5 Å². The van der Waals surface area contributed by atoms with E-state index >= 15 is 0 Å². The van der Waals surface area contributed by atoms with Gasteiger partial charge in [0.25, 0.3) is 0 Å². The van der Waals surface area contributed by atoms with Gasteiger partial charge in [0.1, 0.15) is 11.6 Å². The molecule has 0 amide bonds. The van der Waals surface area contributed by atoms with Crippen molar-refractivity contribution < 1.29 is 5.11 Å². The third kappa shape index (κ3) is 4.67. The van der Waals surface area contributed by atoms with Crippen LogP contribution in [-0.2, 0) is 6.42 Å². The van der Waals surface area contributed by atoms with Gasteiger partial charge in [0.15, 0.2) is 5.82 Å². The standard InChI is InChI=1S/C23H30N8OS/c1-14(2)18(13-32)25-22-19-17(7-12-33-19)26-23(28-22)31-10-5-16(6-11-31)21-27-20(29-30-21)15-3-8-24-9-4-15/h3-4,8-9,14,16,18,32H,5-7,10-13H2,1-2H3,(H,25,26,28)(H,27,29,30). The Morgan fingerprint density at radius 1 is 1.18 bits per heavy atom. The monoisotopic (exact) mass is 466 g/mol. The molecular formula is C23H30N8OS. The van der Waals surface area contributed by atoms with E-state index in [0.29, 0.717) is 17.7 Å². The van der Waals surface area contributed by atoms with E-state index in [2.05, 4.69) is 39.2 Å². The Bertz CT molecular complexity index is 1080. The molecule has 1 saturated heterocycles. The first-order valence-corrected chi connectivity index (χ1v) is 12.6. The summed E-state index contributed by atoms with van der Waals surface area (Å²) in [7, 11) is 0. The average Bonchev–Trinajstić information content (AvgIpc) is 3.53. The molecule has 0 aromatic carbocycles. The summed E-state index contributed by atoms with van der Waals surface area (Å²) in [6.45, 7) is 6.04. The maximum atomic E-state index is 9.80. The van der Waals surface area contributed by atoms with Gasteiger partial charge in [0.2, 0.25) is 5.95 Å². The van der Waals surface area contributed by atoms with Crippen LogP contribution in [-0.4, -0.2) is 66.7 Å². The lowest BCUT2D eigenvalue weighted by molar-refractivity contribution is 0.249. The van der Waals surface area contributed by atoms with Crippen LogP contribution in [0.1, 0.15) is 44.1 Å². The van der Waals surface area contributed by atoms with Crippen LogP contribution in [0.15, 0.2) is 29.4 Å². The molecule has 3 aromatic rings. The number of aliphatic hydroxyl groups excluding tert-OH is 1. The molecule has 1 atom stereocenters. The third-order valence-electron chi connectivity index (χ3n) is 6.44. The molecule has 5 rings (SSSR count). The number of anilines is 2. The van der Waals surface area contributed by atoms with Crippen LogP contribution in [0.5, 0.6) is 0 Å². The van der Waals surface area contributed by atoms with Crippen molar-refractivity contribution in [1.29, 1.82) is 0 Å². The molecule has 33 heavy (non-hydrogen) atoms. The highest BCUT2D eigenvalue weighted by atomic mass is 32.2. The Hall–Kier alpha value is -2.72. The van der Waals surface area contributed by atoms with Crippen LogP contribution >= 0.6 is 11.8 Å². The number of pyridine rings is 1. The normalized spacial score (nSPS) is 17.4. The Morgan fingerprint density at radius 2 is 1.97 bits per heavy atom. The molecule has 9 nitrogen and oxygen atoms in total. The van der Waals surface area contributed by atoms with Gasteiger partial charge in [0.05, 0.1) is 23.2 Å². The van der Waals surface area contributed by atoms with Gasteiger partial charge < -0.3 is 15.3 Å². The van der Waals surface area contributed by atoms with E-state index in [0.717, 1.165) is 71.8 Å². The fraction of sp³-hybridized carbons (Fsp3) is 0.522. The van der Waals surface area contributed by atoms with Gasteiger partial charge in [-0.2, -0.15) is 10.1 Å². The van der Waals surface area contributed by atoms with Crippen LogP contribution in [0, 0.1) is 5.92 Å². The topological polar surface area (TPSA) is 116 Å². The van der Waals surface area contributed by atoms with Gasteiger partial charge in [-0.15, -0.1) is 11.8 Å². The number of aryl methyl sites for hydroxylation is 1. The van der Waals surface area contributed by atoms with E-state index in [4.69, 9.17) is 15.0 Å². The SMILES string of the molecule is CC(C)C(CO)Nc1nc(N2CCC(c3nc(-c4ccncc4)n[nH]3)CC2)nc2c1SCC2. The third-order valence-corrected chi connectivity index (χ3v) is 7.56. The summed E-state index contributed by atoms with van der Waals surface area (Å²) in [4.78, 5) is 22.0. The second kappa shape index (κ2) is 9.64. The van der Waals surface area contributed by atoms with Crippen molar-refractivity contribution in [3.8, 4) is 11.4 Å². The highest BCUT2D eigenvalue weighted by Gasteiger charge is 2.28. The first-order valence-electron chi connectivity index (χ1n) is 11.6. The van der Waals surface area contributed by atoms with Crippen LogP contribution in [0.25, 0.3) is 11.4 Å². The van der Waals surface area contributed by atoms with E-state index in [1.807, 2.05) is 12.1 Å². The summed E-state index contributed by atoms with van der Waals surface area (Å²) in [5, 5.41) is 20.8. The number of rotatable bonds is 7. The molecule has 10 heteroatoms. The number of aliphatic hydroxyl groups is 1. The molecule has 0 radical (unpaired) electrons. The largest absolute Gasteiger partial charge is 0.394 e. The predicted octanol–water partition coefficient (Wildman–Crippen LogP) is 3.12. The maximum absolute atomic E-state index is 9.80. The van der Waals surface area contributed by atoms with Gasteiger partial charge in [-0.3, -0.25) is 10.1 Å². The summed E-state index contributed by atoms with van der Waals surface area (Å²) in [5.74, 6) is 4.99.